The molecule has 0 atom stereocenters. The zero-order chi connectivity index (χ0) is 9.42. The lowest BCUT2D eigenvalue weighted by atomic mass is 10.2. The van der Waals surface area contributed by atoms with Gasteiger partial charge in [-0.25, -0.2) is 4.68 Å². The Kier molecular flexibility index (Phi) is 2.00. The van der Waals surface area contributed by atoms with E-state index in [1.807, 2.05) is 25.1 Å². The number of hydrogen-bond donors (Lipinski definition) is 1. The molecule has 0 saturated carbocycles. The van der Waals surface area contributed by atoms with Gasteiger partial charge in [0.1, 0.15) is 5.82 Å². The number of nitrogens with zero attached hydrogens (tertiary/aromatic N) is 2. The minimum atomic E-state index is 0.735. The molecule has 1 heterocycles. The lowest BCUT2D eigenvalue weighted by molar-refractivity contribution is 0.678. The van der Waals surface area contributed by atoms with Crippen LogP contribution >= 0.6 is 15.9 Å². The van der Waals surface area contributed by atoms with E-state index in [0.29, 0.717) is 0 Å². The summed E-state index contributed by atoms with van der Waals surface area (Å²) in [6.07, 6.45) is 0. The predicted molar refractivity (Wildman–Crippen MR) is 57.5 cm³/mol. The van der Waals surface area contributed by atoms with Crippen molar-refractivity contribution in [2.45, 2.75) is 13.5 Å². The summed E-state index contributed by atoms with van der Waals surface area (Å²) in [5.41, 5.74) is 6.84. The van der Waals surface area contributed by atoms with E-state index < -0.39 is 0 Å². The smallest absolute Gasteiger partial charge is 0.129 e. The third kappa shape index (κ3) is 1.31. The van der Waals surface area contributed by atoms with E-state index in [1.165, 1.54) is 0 Å². The first-order valence-corrected chi connectivity index (χ1v) is 4.93. The predicted octanol–water partition coefficient (Wildman–Crippen LogP) is 2.40. The molecule has 0 amide bonds. The van der Waals surface area contributed by atoms with Crippen LogP contribution in [0.1, 0.15) is 6.92 Å². The van der Waals surface area contributed by atoms with E-state index in [2.05, 4.69) is 21.0 Å². The molecule has 0 fully saturated rings. The third-order valence-electron chi connectivity index (χ3n) is 2.04. The highest BCUT2D eigenvalue weighted by Crippen LogP contribution is 2.24. The zero-order valence-electron chi connectivity index (χ0n) is 7.29. The Morgan fingerprint density at radius 1 is 1.54 bits per heavy atom. The molecule has 3 nitrogen and oxygen atoms in total. The van der Waals surface area contributed by atoms with Crippen molar-refractivity contribution in [1.29, 1.82) is 0 Å². The Morgan fingerprint density at radius 3 is 3.00 bits per heavy atom. The highest BCUT2D eigenvalue weighted by Gasteiger charge is 2.06. The van der Waals surface area contributed by atoms with Crippen molar-refractivity contribution in [3.05, 3.63) is 22.7 Å². The fourth-order valence-electron chi connectivity index (χ4n) is 1.36. The van der Waals surface area contributed by atoms with E-state index in [9.17, 15) is 0 Å². The van der Waals surface area contributed by atoms with Crippen LogP contribution in [-0.2, 0) is 6.54 Å². The molecule has 2 aromatic rings. The maximum absolute atomic E-state index is 5.90. The normalized spacial score (nSPS) is 10.9. The van der Waals surface area contributed by atoms with E-state index in [1.54, 1.807) is 4.68 Å². The van der Waals surface area contributed by atoms with Gasteiger partial charge in [0.05, 0.1) is 5.52 Å². The molecule has 1 aromatic heterocycles. The summed E-state index contributed by atoms with van der Waals surface area (Å²) < 4.78 is 2.83. The minimum absolute atomic E-state index is 0.735. The van der Waals surface area contributed by atoms with Crippen molar-refractivity contribution < 1.29 is 0 Å². The molecule has 1 aromatic carbocycles. The van der Waals surface area contributed by atoms with E-state index in [4.69, 9.17) is 5.73 Å². The van der Waals surface area contributed by atoms with Crippen molar-refractivity contribution in [2.75, 3.05) is 5.73 Å². The number of rotatable bonds is 1. The summed E-state index contributed by atoms with van der Waals surface area (Å²) in [4.78, 5) is 0. The molecule has 0 bridgehead atoms. The Morgan fingerprint density at radius 2 is 2.31 bits per heavy atom. The second-order valence-electron chi connectivity index (χ2n) is 2.86. The molecule has 0 aliphatic carbocycles. The van der Waals surface area contributed by atoms with E-state index in [0.717, 1.165) is 27.7 Å². The molecule has 0 aliphatic heterocycles. The fraction of sp³-hybridized carbons (Fsp3) is 0.222. The van der Waals surface area contributed by atoms with Crippen molar-refractivity contribution in [3.63, 3.8) is 0 Å². The number of nitrogen functional groups attached to an aromatic ring is 1. The van der Waals surface area contributed by atoms with Crippen molar-refractivity contribution in [2.24, 2.45) is 0 Å². The molecular formula is C9H10BrN3. The molecule has 0 saturated heterocycles. The van der Waals surface area contributed by atoms with Crippen LogP contribution in [-0.4, -0.2) is 9.78 Å². The maximum Gasteiger partial charge on any atom is 0.129 e. The van der Waals surface area contributed by atoms with Crippen LogP contribution in [0.4, 0.5) is 5.82 Å². The first-order chi connectivity index (χ1) is 6.22. The quantitative estimate of drug-likeness (QED) is 0.831. The fourth-order valence-corrected chi connectivity index (χ4v) is 1.73. The SMILES string of the molecule is CCn1nc2ccc(Br)cc2c1N. The standard InChI is InChI=1S/C9H10BrN3/c1-2-13-9(11)7-5-6(10)3-4-8(7)12-13/h3-5H,2,11H2,1H3. The highest BCUT2D eigenvalue weighted by molar-refractivity contribution is 9.10. The molecular weight excluding hydrogens is 230 g/mol. The van der Waals surface area contributed by atoms with Gasteiger partial charge in [0.2, 0.25) is 0 Å². The largest absolute Gasteiger partial charge is 0.383 e. The van der Waals surface area contributed by atoms with Gasteiger partial charge in [0.25, 0.3) is 0 Å². The molecule has 0 aliphatic rings. The van der Waals surface area contributed by atoms with Gasteiger partial charge in [0, 0.05) is 16.4 Å². The van der Waals surface area contributed by atoms with Crippen LogP contribution in [0.3, 0.4) is 0 Å². The second-order valence-corrected chi connectivity index (χ2v) is 3.78. The molecule has 2 rings (SSSR count). The molecule has 0 radical (unpaired) electrons. The first-order valence-electron chi connectivity index (χ1n) is 4.14. The number of halogens is 1. The van der Waals surface area contributed by atoms with Gasteiger partial charge in [-0.15, -0.1) is 0 Å². The lowest BCUT2D eigenvalue weighted by Crippen LogP contribution is -2.01. The minimum Gasteiger partial charge on any atom is -0.383 e. The summed E-state index contributed by atoms with van der Waals surface area (Å²) >= 11 is 3.41. The van der Waals surface area contributed by atoms with Crippen LogP contribution < -0.4 is 5.73 Å². The van der Waals surface area contributed by atoms with Crippen LogP contribution in [0.25, 0.3) is 10.9 Å². The molecule has 0 spiro atoms. The maximum atomic E-state index is 5.90. The van der Waals surface area contributed by atoms with E-state index >= 15 is 0 Å². The van der Waals surface area contributed by atoms with Gasteiger partial charge in [-0.2, -0.15) is 5.10 Å². The number of anilines is 1. The number of hydrogen-bond acceptors (Lipinski definition) is 2. The summed E-state index contributed by atoms with van der Waals surface area (Å²) in [5.74, 6) is 0.735. The van der Waals surface area contributed by atoms with Gasteiger partial charge in [-0.05, 0) is 25.1 Å². The third-order valence-corrected chi connectivity index (χ3v) is 2.53. The number of aromatic nitrogens is 2. The Balaban J connectivity index is 2.77. The average Bonchev–Trinajstić information content (AvgIpc) is 2.44. The summed E-state index contributed by atoms with van der Waals surface area (Å²) in [6.45, 7) is 2.83. The molecule has 4 heteroatoms. The summed E-state index contributed by atoms with van der Waals surface area (Å²) in [7, 11) is 0. The average molecular weight is 240 g/mol. The molecule has 0 unspecified atom stereocenters. The number of benzene rings is 1. The zero-order valence-corrected chi connectivity index (χ0v) is 8.87. The Labute approximate surface area is 84.7 Å². The van der Waals surface area contributed by atoms with Crippen molar-refractivity contribution >= 4 is 32.7 Å². The number of fused-ring (bicyclic) bond motifs is 1. The van der Waals surface area contributed by atoms with Crippen LogP contribution in [0, 0.1) is 0 Å². The summed E-state index contributed by atoms with van der Waals surface area (Å²) in [6, 6.07) is 5.92. The topological polar surface area (TPSA) is 43.8 Å². The number of nitrogens with two attached hydrogens (primary N) is 1. The van der Waals surface area contributed by atoms with Gasteiger partial charge >= 0.3 is 0 Å². The molecule has 13 heavy (non-hydrogen) atoms. The van der Waals surface area contributed by atoms with E-state index in [-0.39, 0.29) is 0 Å². The highest BCUT2D eigenvalue weighted by atomic mass is 79.9. The number of aryl methyl sites for hydroxylation is 1. The van der Waals surface area contributed by atoms with Crippen LogP contribution in [0.2, 0.25) is 0 Å². The second kappa shape index (κ2) is 3.03. The van der Waals surface area contributed by atoms with Crippen molar-refractivity contribution in [3.8, 4) is 0 Å². The first kappa shape index (κ1) is 8.56. The molecule has 2 N–H and O–H groups in total. The van der Waals surface area contributed by atoms with Crippen LogP contribution in [0.15, 0.2) is 22.7 Å². The summed E-state index contributed by atoms with van der Waals surface area (Å²) in [5, 5.41) is 5.35. The van der Waals surface area contributed by atoms with Gasteiger partial charge < -0.3 is 5.73 Å². The lowest BCUT2D eigenvalue weighted by Gasteiger charge is -1.96. The van der Waals surface area contributed by atoms with Crippen molar-refractivity contribution in [1.82, 2.24) is 9.78 Å². The van der Waals surface area contributed by atoms with Gasteiger partial charge in [-0.3, -0.25) is 0 Å². The Bertz CT molecular complexity index is 447. The van der Waals surface area contributed by atoms with Gasteiger partial charge in [0.15, 0.2) is 0 Å². The monoisotopic (exact) mass is 239 g/mol. The Hall–Kier alpha value is -1.03. The molecule has 68 valence electrons. The van der Waals surface area contributed by atoms with Crippen LogP contribution in [0.5, 0.6) is 0 Å². The van der Waals surface area contributed by atoms with Gasteiger partial charge in [-0.1, -0.05) is 15.9 Å².